The van der Waals surface area contributed by atoms with Crippen LogP contribution in [0.5, 0.6) is 0 Å². The molecule has 0 bridgehead atoms. The number of morpholine rings is 1. The van der Waals surface area contributed by atoms with E-state index in [1.54, 1.807) is 24.3 Å². The molecule has 0 aliphatic carbocycles. The van der Waals surface area contributed by atoms with E-state index in [1.807, 2.05) is 77.7 Å². The summed E-state index contributed by atoms with van der Waals surface area (Å²) in [6.07, 6.45) is 0.887. The van der Waals surface area contributed by atoms with E-state index in [1.165, 1.54) is 0 Å². The third kappa shape index (κ3) is 6.22. The molecule has 0 radical (unpaired) electrons. The maximum absolute atomic E-state index is 13.8. The number of carbonyl (C=O) groups is 2. The lowest BCUT2D eigenvalue weighted by atomic mass is 9.99. The van der Waals surface area contributed by atoms with Gasteiger partial charge in [0.25, 0.3) is 11.8 Å². The number of rotatable bonds is 7. The van der Waals surface area contributed by atoms with Gasteiger partial charge in [-0.2, -0.15) is 0 Å². The average molecular weight is 561 g/mol. The molecule has 1 fully saturated rings. The van der Waals surface area contributed by atoms with Gasteiger partial charge in [0.15, 0.2) is 0 Å². The Hall–Kier alpha value is -4.46. The Bertz CT molecular complexity index is 1520. The minimum absolute atomic E-state index is 0.0372. The minimum Gasteiger partial charge on any atom is -0.379 e. The molecule has 2 amide bonds. The van der Waals surface area contributed by atoms with Crippen molar-refractivity contribution in [2.75, 3.05) is 67.6 Å². The van der Waals surface area contributed by atoms with Gasteiger partial charge in [0.2, 0.25) is 0 Å². The van der Waals surface area contributed by atoms with Gasteiger partial charge in [-0.3, -0.25) is 14.5 Å². The first-order chi connectivity index (χ1) is 20.7. The maximum atomic E-state index is 13.8. The molecule has 7 heteroatoms. The van der Waals surface area contributed by atoms with E-state index in [4.69, 9.17) is 4.74 Å². The lowest BCUT2D eigenvalue weighted by molar-refractivity contribution is 0.0392. The van der Waals surface area contributed by atoms with Crippen LogP contribution in [0, 0.1) is 0 Å². The van der Waals surface area contributed by atoms with Gasteiger partial charge in [-0.25, -0.2) is 0 Å². The summed E-state index contributed by atoms with van der Waals surface area (Å²) < 4.78 is 5.50. The van der Waals surface area contributed by atoms with Gasteiger partial charge >= 0.3 is 0 Å². The number of carbonyl (C=O) groups excluding carboxylic acids is 2. The van der Waals surface area contributed by atoms with Crippen LogP contribution in [0.1, 0.15) is 27.1 Å². The zero-order valence-electron chi connectivity index (χ0n) is 23.7. The second kappa shape index (κ2) is 13.0. The zero-order chi connectivity index (χ0) is 28.7. The van der Waals surface area contributed by atoms with Crippen molar-refractivity contribution in [1.82, 2.24) is 4.90 Å². The fourth-order valence-corrected chi connectivity index (χ4v) is 5.75. The third-order valence-corrected chi connectivity index (χ3v) is 8.00. The van der Waals surface area contributed by atoms with Crippen molar-refractivity contribution in [2.24, 2.45) is 0 Å². The Morgan fingerprint density at radius 2 is 1.38 bits per heavy atom. The monoisotopic (exact) mass is 560 g/mol. The second-order valence-electron chi connectivity index (χ2n) is 10.7. The van der Waals surface area contributed by atoms with E-state index in [2.05, 4.69) is 21.2 Å². The van der Waals surface area contributed by atoms with E-state index in [9.17, 15) is 9.59 Å². The van der Waals surface area contributed by atoms with E-state index < -0.39 is 0 Å². The first-order valence-corrected chi connectivity index (χ1v) is 14.7. The van der Waals surface area contributed by atoms with Crippen LogP contribution >= 0.6 is 0 Å². The molecule has 0 atom stereocenters. The predicted molar refractivity (Wildman–Crippen MR) is 168 cm³/mol. The highest BCUT2D eigenvalue weighted by molar-refractivity contribution is 6.10. The number of amides is 2. The topological polar surface area (TPSA) is 65.1 Å². The Kier molecular flexibility index (Phi) is 8.59. The summed E-state index contributed by atoms with van der Waals surface area (Å²) in [5.41, 5.74) is 5.74. The van der Waals surface area contributed by atoms with Gasteiger partial charge in [-0.15, -0.1) is 0 Å². The van der Waals surface area contributed by atoms with Crippen molar-refractivity contribution in [3.63, 3.8) is 0 Å². The number of anilines is 3. The average Bonchev–Trinajstić information content (AvgIpc) is 3.24. The molecule has 0 unspecified atom stereocenters. The summed E-state index contributed by atoms with van der Waals surface area (Å²) in [7, 11) is 0. The Labute approximate surface area is 247 Å². The van der Waals surface area contributed by atoms with Gasteiger partial charge in [0, 0.05) is 56.1 Å². The molecule has 2 heterocycles. The Morgan fingerprint density at radius 3 is 2.17 bits per heavy atom. The summed E-state index contributed by atoms with van der Waals surface area (Å²) in [4.78, 5) is 33.8. The molecule has 6 rings (SSSR count). The number of benzene rings is 4. The van der Waals surface area contributed by atoms with Crippen LogP contribution in [0.3, 0.4) is 0 Å². The molecule has 1 saturated heterocycles. The highest BCUT2D eigenvalue weighted by atomic mass is 16.5. The van der Waals surface area contributed by atoms with Crippen molar-refractivity contribution in [3.8, 4) is 11.1 Å². The van der Waals surface area contributed by atoms with E-state index in [-0.39, 0.29) is 11.8 Å². The van der Waals surface area contributed by atoms with Gasteiger partial charge in [-0.1, -0.05) is 60.7 Å². The van der Waals surface area contributed by atoms with Crippen molar-refractivity contribution < 1.29 is 14.3 Å². The lowest BCUT2D eigenvalue weighted by Crippen LogP contribution is -2.41. The predicted octanol–water partition coefficient (Wildman–Crippen LogP) is 5.80. The van der Waals surface area contributed by atoms with E-state index in [0.29, 0.717) is 23.4 Å². The van der Waals surface area contributed by atoms with Crippen molar-refractivity contribution in [1.29, 1.82) is 0 Å². The number of nitrogens with one attached hydrogen (secondary N) is 1. The smallest absolute Gasteiger partial charge is 0.258 e. The number of para-hydroxylation sites is 2. The Balaban J connectivity index is 1.15. The highest BCUT2D eigenvalue weighted by Gasteiger charge is 2.26. The zero-order valence-corrected chi connectivity index (χ0v) is 23.7. The fourth-order valence-electron chi connectivity index (χ4n) is 5.75. The van der Waals surface area contributed by atoms with Crippen LogP contribution in [0.4, 0.5) is 17.1 Å². The molecule has 2 aliphatic heterocycles. The first kappa shape index (κ1) is 27.7. The van der Waals surface area contributed by atoms with Gasteiger partial charge in [0.1, 0.15) is 0 Å². The molecule has 0 saturated carbocycles. The first-order valence-electron chi connectivity index (χ1n) is 14.7. The van der Waals surface area contributed by atoms with Crippen molar-refractivity contribution >= 4 is 28.9 Å². The van der Waals surface area contributed by atoms with Crippen LogP contribution in [0.2, 0.25) is 0 Å². The summed E-state index contributed by atoms with van der Waals surface area (Å²) in [6, 6.07) is 32.9. The standard InChI is InChI=1S/C35H36N4O3/c40-34(31-12-5-4-11-30(31)27-9-2-1-3-10-27)36-29-17-15-28(16-18-29)35(41)39-20-8-19-38(32-13-6-7-14-33(32)39)22-21-37-23-25-42-26-24-37/h1-7,9-18H,8,19-26H2,(H,36,40). The molecule has 42 heavy (non-hydrogen) atoms. The van der Waals surface area contributed by atoms with Crippen LogP contribution < -0.4 is 15.1 Å². The maximum Gasteiger partial charge on any atom is 0.258 e. The van der Waals surface area contributed by atoms with Gasteiger partial charge in [0.05, 0.1) is 24.6 Å². The number of hydrogen-bond donors (Lipinski definition) is 1. The lowest BCUT2D eigenvalue weighted by Gasteiger charge is -2.31. The molecule has 0 spiro atoms. The normalized spacial score (nSPS) is 15.5. The Morgan fingerprint density at radius 1 is 0.690 bits per heavy atom. The van der Waals surface area contributed by atoms with Gasteiger partial charge < -0.3 is 19.9 Å². The van der Waals surface area contributed by atoms with Crippen molar-refractivity contribution in [3.05, 3.63) is 114 Å². The number of nitrogens with zero attached hydrogens (tertiary/aromatic N) is 3. The number of hydrogen-bond acceptors (Lipinski definition) is 5. The summed E-state index contributed by atoms with van der Waals surface area (Å²) in [6.45, 7) is 6.98. The summed E-state index contributed by atoms with van der Waals surface area (Å²) in [5.74, 6) is -0.225. The SMILES string of the molecule is O=C(Nc1ccc(C(=O)N2CCCN(CCN3CCOCC3)c3ccccc32)cc1)c1ccccc1-c1ccccc1. The molecule has 0 aromatic heterocycles. The molecule has 4 aromatic carbocycles. The largest absolute Gasteiger partial charge is 0.379 e. The van der Waals surface area contributed by atoms with Crippen molar-refractivity contribution in [2.45, 2.75) is 6.42 Å². The molecule has 214 valence electrons. The summed E-state index contributed by atoms with van der Waals surface area (Å²) >= 11 is 0. The van der Waals surface area contributed by atoms with Gasteiger partial charge in [-0.05, 0) is 60.0 Å². The molecular weight excluding hydrogens is 524 g/mol. The molecule has 7 nitrogen and oxygen atoms in total. The quantitative estimate of drug-likeness (QED) is 0.310. The molecule has 1 N–H and O–H groups in total. The molecule has 2 aliphatic rings. The number of fused-ring (bicyclic) bond motifs is 1. The minimum atomic E-state index is -0.188. The number of ether oxygens (including phenoxy) is 1. The van der Waals surface area contributed by atoms with Crippen LogP contribution in [0.15, 0.2) is 103 Å². The third-order valence-electron chi connectivity index (χ3n) is 8.00. The van der Waals surface area contributed by atoms with Crippen LogP contribution in [-0.2, 0) is 4.74 Å². The van der Waals surface area contributed by atoms with Crippen LogP contribution in [-0.4, -0.2) is 69.2 Å². The highest BCUT2D eigenvalue weighted by Crippen LogP contribution is 2.33. The van der Waals surface area contributed by atoms with E-state index in [0.717, 1.165) is 74.9 Å². The summed E-state index contributed by atoms with van der Waals surface area (Å²) in [5, 5.41) is 3.00. The van der Waals surface area contributed by atoms with E-state index >= 15 is 0 Å². The second-order valence-corrected chi connectivity index (χ2v) is 10.7. The van der Waals surface area contributed by atoms with Crippen LogP contribution in [0.25, 0.3) is 11.1 Å². The molecular formula is C35H36N4O3. The molecule has 4 aromatic rings. The fraction of sp³-hybridized carbons (Fsp3) is 0.257.